The summed E-state index contributed by atoms with van der Waals surface area (Å²) in [5.41, 5.74) is 0.717. The number of nitrogens with one attached hydrogen (secondary N) is 2. The van der Waals surface area contributed by atoms with E-state index in [4.69, 9.17) is 4.42 Å². The van der Waals surface area contributed by atoms with Crippen LogP contribution in [0.5, 0.6) is 0 Å². The second kappa shape index (κ2) is 4.22. The first-order valence-corrected chi connectivity index (χ1v) is 4.93. The van der Waals surface area contributed by atoms with Gasteiger partial charge in [-0.15, -0.1) is 0 Å². The van der Waals surface area contributed by atoms with Gasteiger partial charge in [0.1, 0.15) is 5.69 Å². The number of furan rings is 1. The van der Waals surface area contributed by atoms with E-state index in [9.17, 15) is 4.79 Å². The van der Waals surface area contributed by atoms with Crippen LogP contribution >= 0.6 is 12.6 Å². The maximum atomic E-state index is 11.0. The van der Waals surface area contributed by atoms with Crippen molar-refractivity contribution in [1.82, 2.24) is 10.2 Å². The molecule has 2 aromatic rings. The van der Waals surface area contributed by atoms with Gasteiger partial charge in [0, 0.05) is 6.07 Å². The minimum absolute atomic E-state index is 0.128. The molecule has 0 unspecified atom stereocenters. The smallest absolute Gasteiger partial charge is 0.235 e. The normalized spacial score (nSPS) is 10.2. The van der Waals surface area contributed by atoms with Gasteiger partial charge in [0.25, 0.3) is 0 Å². The van der Waals surface area contributed by atoms with Gasteiger partial charge in [-0.25, -0.2) is 0 Å². The van der Waals surface area contributed by atoms with E-state index in [1.807, 2.05) is 0 Å². The average Bonchev–Trinajstić information content (AvgIpc) is 2.85. The summed E-state index contributed by atoms with van der Waals surface area (Å²) in [6.07, 6.45) is 1.57. The maximum Gasteiger partial charge on any atom is 0.235 e. The minimum Gasteiger partial charge on any atom is -0.463 e. The first-order valence-electron chi connectivity index (χ1n) is 4.29. The molecule has 2 heterocycles. The van der Waals surface area contributed by atoms with Crippen LogP contribution in [0.1, 0.15) is 0 Å². The molecule has 0 aliphatic carbocycles. The van der Waals surface area contributed by atoms with Crippen LogP contribution in [0.15, 0.2) is 28.9 Å². The van der Waals surface area contributed by atoms with Gasteiger partial charge in [0.05, 0.1) is 12.0 Å². The Balaban J connectivity index is 2.14. The van der Waals surface area contributed by atoms with E-state index >= 15 is 0 Å². The number of hydrogen-bond acceptors (Lipinski definition) is 4. The Morgan fingerprint density at radius 1 is 1.67 bits per heavy atom. The van der Waals surface area contributed by atoms with Crippen molar-refractivity contribution >= 4 is 24.4 Å². The molecule has 2 N–H and O–H groups in total. The van der Waals surface area contributed by atoms with Gasteiger partial charge in [-0.2, -0.15) is 17.7 Å². The highest BCUT2D eigenvalue weighted by molar-refractivity contribution is 7.81. The fourth-order valence-corrected chi connectivity index (χ4v) is 1.21. The molecule has 0 aliphatic heterocycles. The van der Waals surface area contributed by atoms with E-state index in [1.54, 1.807) is 24.5 Å². The SMILES string of the molecule is O=C(CS)Nc1cc(-c2ccco2)[nH]n1. The topological polar surface area (TPSA) is 70.9 Å². The zero-order chi connectivity index (χ0) is 10.7. The molecule has 0 aliphatic rings. The number of hydrogen-bond donors (Lipinski definition) is 3. The lowest BCUT2D eigenvalue weighted by Crippen LogP contribution is -2.12. The van der Waals surface area contributed by atoms with Crippen LogP contribution in [-0.2, 0) is 4.79 Å². The zero-order valence-corrected chi connectivity index (χ0v) is 8.62. The summed E-state index contributed by atoms with van der Waals surface area (Å²) in [6.45, 7) is 0. The first-order chi connectivity index (χ1) is 7.29. The summed E-state index contributed by atoms with van der Waals surface area (Å²) in [6, 6.07) is 5.28. The van der Waals surface area contributed by atoms with Gasteiger partial charge in [-0.1, -0.05) is 0 Å². The quantitative estimate of drug-likeness (QED) is 0.691. The third kappa shape index (κ3) is 2.21. The Morgan fingerprint density at radius 3 is 3.20 bits per heavy atom. The number of H-pyrrole nitrogens is 1. The molecular formula is C9H9N3O2S. The molecule has 0 atom stereocenters. The molecule has 2 aromatic heterocycles. The average molecular weight is 223 g/mol. The van der Waals surface area contributed by atoms with Crippen LogP contribution in [0.4, 0.5) is 5.82 Å². The number of carbonyl (C=O) groups is 1. The van der Waals surface area contributed by atoms with Crippen molar-refractivity contribution in [3.05, 3.63) is 24.5 Å². The van der Waals surface area contributed by atoms with Crippen molar-refractivity contribution in [2.45, 2.75) is 0 Å². The molecule has 78 valence electrons. The van der Waals surface area contributed by atoms with Crippen LogP contribution < -0.4 is 5.32 Å². The highest BCUT2D eigenvalue weighted by Crippen LogP contribution is 2.19. The van der Waals surface area contributed by atoms with Crippen molar-refractivity contribution in [3.63, 3.8) is 0 Å². The summed E-state index contributed by atoms with van der Waals surface area (Å²) >= 11 is 3.84. The van der Waals surface area contributed by atoms with Crippen LogP contribution in [-0.4, -0.2) is 21.9 Å². The molecule has 0 fully saturated rings. The van der Waals surface area contributed by atoms with Gasteiger partial charge >= 0.3 is 0 Å². The van der Waals surface area contributed by atoms with Crippen molar-refractivity contribution in [1.29, 1.82) is 0 Å². The van der Waals surface area contributed by atoms with Crippen LogP contribution in [0.25, 0.3) is 11.5 Å². The second-order valence-electron chi connectivity index (χ2n) is 2.85. The Kier molecular flexibility index (Phi) is 2.77. The molecule has 15 heavy (non-hydrogen) atoms. The van der Waals surface area contributed by atoms with Gasteiger partial charge < -0.3 is 9.73 Å². The summed E-state index contributed by atoms with van der Waals surface area (Å²) in [5.74, 6) is 1.06. The number of aromatic nitrogens is 2. The number of carbonyl (C=O) groups excluding carboxylic acids is 1. The van der Waals surface area contributed by atoms with Crippen LogP contribution in [0, 0.1) is 0 Å². The number of anilines is 1. The van der Waals surface area contributed by atoms with E-state index in [2.05, 4.69) is 28.1 Å². The largest absolute Gasteiger partial charge is 0.463 e. The molecule has 1 amide bonds. The molecule has 0 bridgehead atoms. The lowest BCUT2D eigenvalue weighted by atomic mass is 10.3. The fraction of sp³-hybridized carbons (Fsp3) is 0.111. The summed E-state index contributed by atoms with van der Waals surface area (Å²) in [5, 5.41) is 9.24. The highest BCUT2D eigenvalue weighted by atomic mass is 32.1. The summed E-state index contributed by atoms with van der Waals surface area (Å²) in [4.78, 5) is 11.0. The molecule has 0 spiro atoms. The zero-order valence-electron chi connectivity index (χ0n) is 7.73. The van der Waals surface area contributed by atoms with Crippen molar-refractivity contribution in [2.24, 2.45) is 0 Å². The molecule has 0 aromatic carbocycles. The third-order valence-electron chi connectivity index (χ3n) is 1.78. The predicted molar refractivity (Wildman–Crippen MR) is 58.8 cm³/mol. The number of nitrogens with zero attached hydrogens (tertiary/aromatic N) is 1. The molecule has 6 heteroatoms. The molecular weight excluding hydrogens is 214 g/mol. The van der Waals surface area contributed by atoms with E-state index < -0.39 is 0 Å². The van der Waals surface area contributed by atoms with Gasteiger partial charge in [0.15, 0.2) is 11.6 Å². The Labute approximate surface area is 91.3 Å². The van der Waals surface area contributed by atoms with Gasteiger partial charge in [-0.3, -0.25) is 9.89 Å². The molecule has 0 saturated heterocycles. The summed E-state index contributed by atoms with van der Waals surface area (Å²) in [7, 11) is 0. The number of rotatable bonds is 3. The lowest BCUT2D eigenvalue weighted by Gasteiger charge is -1.95. The first kappa shape index (κ1) is 9.85. The van der Waals surface area contributed by atoms with Gasteiger partial charge in [0.2, 0.25) is 5.91 Å². The molecule has 0 saturated carbocycles. The molecule has 5 nitrogen and oxygen atoms in total. The van der Waals surface area contributed by atoms with E-state index in [1.165, 1.54) is 0 Å². The summed E-state index contributed by atoms with van der Waals surface area (Å²) < 4.78 is 5.17. The maximum absolute atomic E-state index is 11.0. The minimum atomic E-state index is -0.198. The lowest BCUT2D eigenvalue weighted by molar-refractivity contribution is -0.113. The van der Waals surface area contributed by atoms with Gasteiger partial charge in [-0.05, 0) is 12.1 Å². The monoisotopic (exact) mass is 223 g/mol. The predicted octanol–water partition coefficient (Wildman–Crippen LogP) is 1.54. The Bertz CT molecular complexity index is 450. The number of amides is 1. The second-order valence-corrected chi connectivity index (χ2v) is 3.17. The van der Waals surface area contributed by atoms with Crippen molar-refractivity contribution in [2.75, 3.05) is 11.1 Å². The van der Waals surface area contributed by atoms with Crippen LogP contribution in [0.3, 0.4) is 0 Å². The Hall–Kier alpha value is -1.69. The molecule has 2 rings (SSSR count). The van der Waals surface area contributed by atoms with E-state index in [-0.39, 0.29) is 11.7 Å². The number of aromatic amines is 1. The number of thiol groups is 1. The van der Waals surface area contributed by atoms with Crippen LogP contribution in [0.2, 0.25) is 0 Å². The van der Waals surface area contributed by atoms with E-state index in [0.717, 1.165) is 5.69 Å². The standard InChI is InChI=1S/C9H9N3O2S/c13-9(5-15)10-8-4-6(11-12-8)7-2-1-3-14-7/h1-4,15H,5H2,(H2,10,11,12,13). The van der Waals surface area contributed by atoms with Crippen molar-refractivity contribution < 1.29 is 9.21 Å². The highest BCUT2D eigenvalue weighted by Gasteiger charge is 2.07. The van der Waals surface area contributed by atoms with E-state index in [0.29, 0.717) is 11.6 Å². The third-order valence-corrected chi connectivity index (χ3v) is 2.06. The fourth-order valence-electron chi connectivity index (χ4n) is 1.13. The van der Waals surface area contributed by atoms with Crippen molar-refractivity contribution in [3.8, 4) is 11.5 Å². The molecule has 0 radical (unpaired) electrons. The Morgan fingerprint density at radius 2 is 2.53 bits per heavy atom.